The van der Waals surface area contributed by atoms with Crippen molar-refractivity contribution in [2.45, 2.75) is 26.4 Å². The van der Waals surface area contributed by atoms with Gasteiger partial charge >= 0.3 is 0 Å². The van der Waals surface area contributed by atoms with Crippen LogP contribution in [-0.2, 0) is 11.3 Å². The standard InChI is InChI=1S/C14H20N4O/c1-11-9-18(12(2)10-19-3)14(17-11)16-8-13-5-4-6-15-7-13/h4-7,9,12H,8,10H2,1-3H3,(H,16,17). The molecule has 1 N–H and O–H groups in total. The number of hydrogen-bond donors (Lipinski definition) is 1. The fourth-order valence-corrected chi connectivity index (χ4v) is 1.99. The third kappa shape index (κ3) is 3.54. The van der Waals surface area contributed by atoms with Crippen LogP contribution < -0.4 is 5.32 Å². The second kappa shape index (κ2) is 6.33. The van der Waals surface area contributed by atoms with Gasteiger partial charge in [-0.2, -0.15) is 0 Å². The van der Waals surface area contributed by atoms with Crippen LogP contribution in [0.3, 0.4) is 0 Å². The van der Waals surface area contributed by atoms with E-state index in [0.717, 1.165) is 17.2 Å². The summed E-state index contributed by atoms with van der Waals surface area (Å²) in [5, 5.41) is 3.35. The molecule has 5 nitrogen and oxygen atoms in total. The lowest BCUT2D eigenvalue weighted by Gasteiger charge is -2.16. The van der Waals surface area contributed by atoms with Crippen LogP contribution in [0.2, 0.25) is 0 Å². The number of ether oxygens (including phenoxy) is 1. The van der Waals surface area contributed by atoms with Crippen LogP contribution in [0.1, 0.15) is 24.2 Å². The molecule has 2 heterocycles. The van der Waals surface area contributed by atoms with E-state index in [-0.39, 0.29) is 6.04 Å². The third-order valence-electron chi connectivity index (χ3n) is 2.91. The van der Waals surface area contributed by atoms with Crippen molar-refractivity contribution in [2.75, 3.05) is 19.0 Å². The summed E-state index contributed by atoms with van der Waals surface area (Å²) in [5.41, 5.74) is 2.13. The van der Waals surface area contributed by atoms with Gasteiger partial charge in [-0.25, -0.2) is 4.98 Å². The number of nitrogens with one attached hydrogen (secondary N) is 1. The molecular formula is C14H20N4O. The van der Waals surface area contributed by atoms with Crippen molar-refractivity contribution in [2.24, 2.45) is 0 Å². The summed E-state index contributed by atoms with van der Waals surface area (Å²) in [6, 6.07) is 4.23. The molecule has 0 radical (unpaired) electrons. The summed E-state index contributed by atoms with van der Waals surface area (Å²) in [5.74, 6) is 0.867. The van der Waals surface area contributed by atoms with E-state index < -0.39 is 0 Å². The molecule has 102 valence electrons. The van der Waals surface area contributed by atoms with Gasteiger partial charge in [0.15, 0.2) is 0 Å². The minimum absolute atomic E-state index is 0.252. The van der Waals surface area contributed by atoms with Gasteiger partial charge in [-0.1, -0.05) is 6.07 Å². The zero-order chi connectivity index (χ0) is 13.7. The predicted octanol–water partition coefficient (Wildman–Crippen LogP) is 2.41. The first-order chi connectivity index (χ1) is 9.20. The maximum absolute atomic E-state index is 5.20. The Kier molecular flexibility index (Phi) is 4.52. The minimum atomic E-state index is 0.252. The Hall–Kier alpha value is -1.88. The minimum Gasteiger partial charge on any atom is -0.383 e. The maximum atomic E-state index is 5.20. The predicted molar refractivity (Wildman–Crippen MR) is 75.1 cm³/mol. The van der Waals surface area contributed by atoms with Crippen LogP contribution in [0.25, 0.3) is 0 Å². The number of nitrogens with zero attached hydrogens (tertiary/aromatic N) is 3. The van der Waals surface area contributed by atoms with Crippen LogP contribution in [0.4, 0.5) is 5.95 Å². The molecule has 1 unspecified atom stereocenters. The van der Waals surface area contributed by atoms with E-state index in [1.807, 2.05) is 31.5 Å². The van der Waals surface area contributed by atoms with Crippen molar-refractivity contribution in [3.63, 3.8) is 0 Å². The summed E-state index contributed by atoms with van der Waals surface area (Å²) in [4.78, 5) is 8.61. The third-order valence-corrected chi connectivity index (χ3v) is 2.91. The van der Waals surface area contributed by atoms with Crippen LogP contribution in [0.15, 0.2) is 30.7 Å². The zero-order valence-electron chi connectivity index (χ0n) is 11.6. The van der Waals surface area contributed by atoms with E-state index in [9.17, 15) is 0 Å². The Morgan fingerprint density at radius 3 is 3.00 bits per heavy atom. The van der Waals surface area contributed by atoms with Crippen molar-refractivity contribution in [3.05, 3.63) is 42.0 Å². The molecule has 0 saturated carbocycles. The highest BCUT2D eigenvalue weighted by molar-refractivity contribution is 5.31. The van der Waals surface area contributed by atoms with Crippen LogP contribution in [-0.4, -0.2) is 28.3 Å². The summed E-state index contributed by atoms with van der Waals surface area (Å²) < 4.78 is 7.31. The monoisotopic (exact) mass is 260 g/mol. The topological polar surface area (TPSA) is 52.0 Å². The molecule has 2 aromatic rings. The van der Waals surface area contributed by atoms with E-state index in [1.54, 1.807) is 13.3 Å². The molecule has 2 aromatic heterocycles. The molecule has 0 saturated heterocycles. The quantitative estimate of drug-likeness (QED) is 0.866. The molecule has 2 rings (SSSR count). The van der Waals surface area contributed by atoms with Gasteiger partial charge < -0.3 is 14.6 Å². The number of hydrogen-bond acceptors (Lipinski definition) is 4. The molecule has 0 aliphatic rings. The highest BCUT2D eigenvalue weighted by Crippen LogP contribution is 2.16. The lowest BCUT2D eigenvalue weighted by atomic mass is 10.3. The molecule has 0 aliphatic carbocycles. The van der Waals surface area contributed by atoms with E-state index in [4.69, 9.17) is 4.74 Å². The van der Waals surface area contributed by atoms with Gasteiger partial charge in [-0.15, -0.1) is 0 Å². The number of anilines is 1. The molecule has 5 heteroatoms. The molecule has 19 heavy (non-hydrogen) atoms. The van der Waals surface area contributed by atoms with Crippen LogP contribution in [0.5, 0.6) is 0 Å². The maximum Gasteiger partial charge on any atom is 0.203 e. The van der Waals surface area contributed by atoms with Gasteiger partial charge in [-0.3, -0.25) is 4.98 Å². The lowest BCUT2D eigenvalue weighted by Crippen LogP contribution is -2.14. The zero-order valence-corrected chi connectivity index (χ0v) is 11.6. The molecule has 0 aromatic carbocycles. The first-order valence-corrected chi connectivity index (χ1v) is 6.38. The highest BCUT2D eigenvalue weighted by Gasteiger charge is 2.11. The number of imidazole rings is 1. The van der Waals surface area contributed by atoms with Gasteiger partial charge in [0.1, 0.15) is 0 Å². The van der Waals surface area contributed by atoms with E-state index in [2.05, 4.69) is 26.8 Å². The summed E-state index contributed by atoms with van der Waals surface area (Å²) >= 11 is 0. The molecule has 0 spiro atoms. The van der Waals surface area contributed by atoms with Gasteiger partial charge in [-0.05, 0) is 25.5 Å². The molecular weight excluding hydrogens is 240 g/mol. The van der Waals surface area contributed by atoms with Crippen molar-refractivity contribution < 1.29 is 4.74 Å². The number of rotatable bonds is 6. The molecule has 0 bridgehead atoms. The van der Waals surface area contributed by atoms with E-state index in [1.165, 1.54) is 0 Å². The van der Waals surface area contributed by atoms with E-state index >= 15 is 0 Å². The van der Waals surface area contributed by atoms with Gasteiger partial charge in [0, 0.05) is 32.2 Å². The number of pyridine rings is 1. The Balaban J connectivity index is 2.07. The molecule has 1 atom stereocenters. The number of aryl methyl sites for hydroxylation is 1. The Labute approximate surface area is 113 Å². The van der Waals surface area contributed by atoms with Crippen LogP contribution in [0, 0.1) is 6.92 Å². The molecule has 0 amide bonds. The first kappa shape index (κ1) is 13.5. The summed E-state index contributed by atoms with van der Waals surface area (Å²) in [6.07, 6.45) is 5.66. The lowest BCUT2D eigenvalue weighted by molar-refractivity contribution is 0.163. The van der Waals surface area contributed by atoms with Crippen LogP contribution >= 0.6 is 0 Å². The Bertz CT molecular complexity index is 509. The largest absolute Gasteiger partial charge is 0.383 e. The van der Waals surface area contributed by atoms with Gasteiger partial charge in [0.05, 0.1) is 18.3 Å². The normalized spacial score (nSPS) is 12.4. The Morgan fingerprint density at radius 2 is 2.32 bits per heavy atom. The van der Waals surface area contributed by atoms with Gasteiger partial charge in [0.2, 0.25) is 5.95 Å². The Morgan fingerprint density at radius 1 is 1.47 bits per heavy atom. The van der Waals surface area contributed by atoms with Crippen molar-refractivity contribution in [1.82, 2.24) is 14.5 Å². The van der Waals surface area contributed by atoms with Crippen molar-refractivity contribution >= 4 is 5.95 Å². The fraction of sp³-hybridized carbons (Fsp3) is 0.429. The fourth-order valence-electron chi connectivity index (χ4n) is 1.99. The molecule has 0 aliphatic heterocycles. The SMILES string of the molecule is COCC(C)n1cc(C)nc1NCc1cccnc1. The number of methoxy groups -OCH3 is 1. The van der Waals surface area contributed by atoms with E-state index in [0.29, 0.717) is 13.2 Å². The summed E-state index contributed by atoms with van der Waals surface area (Å²) in [7, 11) is 1.71. The second-order valence-electron chi connectivity index (χ2n) is 4.63. The second-order valence-corrected chi connectivity index (χ2v) is 4.63. The summed E-state index contributed by atoms with van der Waals surface area (Å²) in [6.45, 7) is 5.48. The van der Waals surface area contributed by atoms with Crippen molar-refractivity contribution in [1.29, 1.82) is 0 Å². The smallest absolute Gasteiger partial charge is 0.203 e. The average molecular weight is 260 g/mol. The molecule has 0 fully saturated rings. The van der Waals surface area contributed by atoms with Crippen molar-refractivity contribution in [3.8, 4) is 0 Å². The highest BCUT2D eigenvalue weighted by atomic mass is 16.5. The van der Waals surface area contributed by atoms with Gasteiger partial charge in [0.25, 0.3) is 0 Å². The number of aromatic nitrogens is 3. The average Bonchev–Trinajstić information content (AvgIpc) is 2.79. The first-order valence-electron chi connectivity index (χ1n) is 6.38.